The number of likely N-dealkylation sites (tertiary alicyclic amines) is 1. The molecule has 2 heterocycles. The highest BCUT2D eigenvalue weighted by molar-refractivity contribution is 5.76. The Bertz CT molecular complexity index is 674. The van der Waals surface area contributed by atoms with Gasteiger partial charge in [0.25, 0.3) is 0 Å². The van der Waals surface area contributed by atoms with Crippen molar-refractivity contribution in [3.63, 3.8) is 0 Å². The summed E-state index contributed by atoms with van der Waals surface area (Å²) in [5.41, 5.74) is 2.00. The summed E-state index contributed by atoms with van der Waals surface area (Å²) in [5, 5.41) is 0. The summed E-state index contributed by atoms with van der Waals surface area (Å²) in [5.74, 6) is 0.00330. The van der Waals surface area contributed by atoms with E-state index in [9.17, 15) is 9.18 Å². The van der Waals surface area contributed by atoms with Gasteiger partial charge in [-0.3, -0.25) is 9.78 Å². The third-order valence-corrected chi connectivity index (χ3v) is 4.61. The molecule has 4 heteroatoms. The van der Waals surface area contributed by atoms with Crippen molar-refractivity contribution in [2.45, 2.75) is 44.6 Å². The first-order valence-electron chi connectivity index (χ1n) is 8.66. The van der Waals surface area contributed by atoms with Crippen molar-refractivity contribution in [3.8, 4) is 0 Å². The van der Waals surface area contributed by atoms with E-state index in [1.54, 1.807) is 18.3 Å². The fraction of sp³-hybridized carbons (Fsp3) is 0.400. The lowest BCUT2D eigenvalue weighted by Crippen LogP contribution is -2.36. The quantitative estimate of drug-likeness (QED) is 0.809. The van der Waals surface area contributed by atoms with E-state index in [4.69, 9.17) is 0 Å². The maximum atomic E-state index is 13.3. The molecular weight excluding hydrogens is 303 g/mol. The van der Waals surface area contributed by atoms with Crippen molar-refractivity contribution >= 4 is 5.91 Å². The van der Waals surface area contributed by atoms with Crippen LogP contribution in [0.15, 0.2) is 48.7 Å². The Hall–Kier alpha value is -2.23. The summed E-state index contributed by atoms with van der Waals surface area (Å²) in [4.78, 5) is 18.8. The largest absolute Gasteiger partial charge is 0.339 e. The van der Waals surface area contributed by atoms with Gasteiger partial charge in [0.05, 0.1) is 0 Å². The minimum absolute atomic E-state index is 0.203. The third kappa shape index (κ3) is 4.40. The number of hydrogen-bond acceptors (Lipinski definition) is 2. The third-order valence-electron chi connectivity index (χ3n) is 4.61. The SMILES string of the molecule is O=C(CCCc1ccccn1)N1CCCC1Cc1cccc(F)c1. The van der Waals surface area contributed by atoms with Gasteiger partial charge in [0.15, 0.2) is 0 Å². The van der Waals surface area contributed by atoms with Gasteiger partial charge in [0, 0.05) is 30.9 Å². The van der Waals surface area contributed by atoms with E-state index < -0.39 is 0 Å². The lowest BCUT2D eigenvalue weighted by Gasteiger charge is -2.25. The van der Waals surface area contributed by atoms with Gasteiger partial charge in [-0.15, -0.1) is 0 Å². The summed E-state index contributed by atoms with van der Waals surface area (Å²) < 4.78 is 13.3. The first-order chi connectivity index (χ1) is 11.7. The van der Waals surface area contributed by atoms with Gasteiger partial charge in [0.2, 0.25) is 5.91 Å². The highest BCUT2D eigenvalue weighted by atomic mass is 19.1. The zero-order valence-electron chi connectivity index (χ0n) is 13.8. The average molecular weight is 326 g/mol. The zero-order valence-corrected chi connectivity index (χ0v) is 13.8. The van der Waals surface area contributed by atoms with Crippen molar-refractivity contribution in [3.05, 3.63) is 65.7 Å². The van der Waals surface area contributed by atoms with Crippen LogP contribution in [0.2, 0.25) is 0 Å². The fourth-order valence-corrected chi connectivity index (χ4v) is 3.42. The topological polar surface area (TPSA) is 33.2 Å². The Labute approximate surface area is 142 Å². The minimum atomic E-state index is -0.210. The number of aryl methyl sites for hydroxylation is 1. The molecule has 1 aromatic heterocycles. The number of hydrogen-bond donors (Lipinski definition) is 0. The molecule has 1 atom stereocenters. The highest BCUT2D eigenvalue weighted by Gasteiger charge is 2.28. The van der Waals surface area contributed by atoms with Crippen LogP contribution in [0.4, 0.5) is 4.39 Å². The second-order valence-corrected chi connectivity index (χ2v) is 6.39. The van der Waals surface area contributed by atoms with E-state index >= 15 is 0 Å². The van der Waals surface area contributed by atoms with Crippen LogP contribution in [0.25, 0.3) is 0 Å². The minimum Gasteiger partial charge on any atom is -0.339 e. The molecular formula is C20H23FN2O. The van der Waals surface area contributed by atoms with Gasteiger partial charge in [-0.05, 0) is 61.9 Å². The number of nitrogens with zero attached hydrogens (tertiary/aromatic N) is 2. The van der Waals surface area contributed by atoms with E-state index in [0.29, 0.717) is 6.42 Å². The molecule has 1 aliphatic rings. The predicted octanol–water partition coefficient (Wildman–Crippen LogP) is 3.78. The van der Waals surface area contributed by atoms with Crippen LogP contribution < -0.4 is 0 Å². The normalized spacial score (nSPS) is 17.2. The summed E-state index contributed by atoms with van der Waals surface area (Å²) in [6, 6.07) is 12.8. The van der Waals surface area contributed by atoms with Crippen molar-refractivity contribution in [2.75, 3.05) is 6.54 Å². The number of carbonyl (C=O) groups is 1. The second kappa shape index (κ2) is 8.04. The van der Waals surface area contributed by atoms with Crippen LogP contribution >= 0.6 is 0 Å². The van der Waals surface area contributed by atoms with Crippen molar-refractivity contribution in [1.29, 1.82) is 0 Å². The molecule has 0 spiro atoms. The smallest absolute Gasteiger partial charge is 0.222 e. The number of pyridine rings is 1. The van der Waals surface area contributed by atoms with E-state index in [0.717, 1.165) is 49.9 Å². The van der Waals surface area contributed by atoms with Gasteiger partial charge >= 0.3 is 0 Å². The standard InChI is InChI=1S/C20H23FN2O/c21-17-7-3-6-16(14-17)15-19-10-5-13-23(19)20(24)11-4-9-18-8-1-2-12-22-18/h1-3,6-8,12,14,19H,4-5,9-11,13,15H2. The van der Waals surface area contributed by atoms with Gasteiger partial charge in [-0.25, -0.2) is 4.39 Å². The molecule has 0 bridgehead atoms. The molecule has 0 N–H and O–H groups in total. The monoisotopic (exact) mass is 326 g/mol. The zero-order chi connectivity index (χ0) is 16.8. The van der Waals surface area contributed by atoms with Crippen molar-refractivity contribution in [1.82, 2.24) is 9.88 Å². The molecule has 3 nitrogen and oxygen atoms in total. The number of amides is 1. The fourth-order valence-electron chi connectivity index (χ4n) is 3.42. The summed E-state index contributed by atoms with van der Waals surface area (Å²) in [7, 11) is 0. The van der Waals surface area contributed by atoms with Gasteiger partial charge < -0.3 is 4.90 Å². The Morgan fingerprint density at radius 2 is 2.17 bits per heavy atom. The summed E-state index contributed by atoms with van der Waals surface area (Å²) in [6.45, 7) is 0.822. The molecule has 3 rings (SSSR count). The maximum absolute atomic E-state index is 13.3. The van der Waals surface area contributed by atoms with Crippen LogP contribution in [0.5, 0.6) is 0 Å². The Kier molecular flexibility index (Phi) is 5.57. The number of halogens is 1. The van der Waals surface area contributed by atoms with Crippen LogP contribution in [0.3, 0.4) is 0 Å². The van der Waals surface area contributed by atoms with Gasteiger partial charge in [-0.1, -0.05) is 18.2 Å². The summed E-state index contributed by atoms with van der Waals surface area (Å²) >= 11 is 0. The first-order valence-corrected chi connectivity index (χ1v) is 8.66. The summed E-state index contributed by atoms with van der Waals surface area (Å²) in [6.07, 6.45) is 6.76. The first kappa shape index (κ1) is 16.6. The molecule has 1 fully saturated rings. The molecule has 0 radical (unpaired) electrons. The number of rotatable bonds is 6. The predicted molar refractivity (Wildman–Crippen MR) is 92.0 cm³/mol. The van der Waals surface area contributed by atoms with Crippen LogP contribution in [0.1, 0.15) is 36.9 Å². The molecule has 126 valence electrons. The van der Waals surface area contributed by atoms with Gasteiger partial charge in [-0.2, -0.15) is 0 Å². The number of aromatic nitrogens is 1. The van der Waals surface area contributed by atoms with E-state index in [1.807, 2.05) is 29.2 Å². The lowest BCUT2D eigenvalue weighted by atomic mass is 10.0. The van der Waals surface area contributed by atoms with Crippen molar-refractivity contribution < 1.29 is 9.18 Å². The molecule has 1 saturated heterocycles. The van der Waals surface area contributed by atoms with Crippen LogP contribution in [-0.2, 0) is 17.6 Å². The van der Waals surface area contributed by atoms with E-state index in [2.05, 4.69) is 4.98 Å². The number of carbonyl (C=O) groups excluding carboxylic acids is 1. The van der Waals surface area contributed by atoms with Crippen LogP contribution in [0, 0.1) is 5.82 Å². The highest BCUT2D eigenvalue weighted by Crippen LogP contribution is 2.23. The molecule has 2 aromatic rings. The van der Waals surface area contributed by atoms with Crippen molar-refractivity contribution in [2.24, 2.45) is 0 Å². The molecule has 24 heavy (non-hydrogen) atoms. The second-order valence-electron chi connectivity index (χ2n) is 6.39. The lowest BCUT2D eigenvalue weighted by molar-refractivity contribution is -0.132. The maximum Gasteiger partial charge on any atom is 0.222 e. The molecule has 1 aromatic carbocycles. The Morgan fingerprint density at radius 3 is 2.96 bits per heavy atom. The molecule has 0 aliphatic carbocycles. The molecule has 1 amide bonds. The molecule has 0 saturated carbocycles. The van der Waals surface area contributed by atoms with E-state index in [1.165, 1.54) is 6.07 Å². The Morgan fingerprint density at radius 1 is 1.25 bits per heavy atom. The Balaban J connectivity index is 1.51. The van der Waals surface area contributed by atoms with E-state index in [-0.39, 0.29) is 17.8 Å². The number of benzene rings is 1. The van der Waals surface area contributed by atoms with Crippen LogP contribution in [-0.4, -0.2) is 28.4 Å². The average Bonchev–Trinajstić information content (AvgIpc) is 3.04. The van der Waals surface area contributed by atoms with Gasteiger partial charge in [0.1, 0.15) is 5.82 Å². The molecule has 1 unspecified atom stereocenters. The molecule has 1 aliphatic heterocycles.